The van der Waals surface area contributed by atoms with E-state index in [2.05, 4.69) is 20.9 Å². The maximum absolute atomic E-state index is 11.7. The van der Waals surface area contributed by atoms with Gasteiger partial charge in [-0.05, 0) is 18.2 Å². The van der Waals surface area contributed by atoms with Crippen LogP contribution in [0.25, 0.3) is 0 Å². The number of urea groups is 1. The molecule has 92 valence electrons. The van der Waals surface area contributed by atoms with Crippen LogP contribution in [0.3, 0.4) is 0 Å². The molecule has 1 heterocycles. The molecule has 5 heteroatoms. The Hall–Kier alpha value is -2.56. The van der Waals surface area contributed by atoms with E-state index in [1.54, 1.807) is 25.5 Å². The predicted octanol–water partition coefficient (Wildman–Crippen LogP) is 2.77. The van der Waals surface area contributed by atoms with Gasteiger partial charge < -0.3 is 16.0 Å². The van der Waals surface area contributed by atoms with Crippen LogP contribution in [0.4, 0.5) is 21.9 Å². The number of amides is 2. The van der Waals surface area contributed by atoms with Crippen LogP contribution in [0.5, 0.6) is 0 Å². The number of aromatic nitrogens is 1. The second kappa shape index (κ2) is 5.67. The Bertz CT molecular complexity index is 528. The van der Waals surface area contributed by atoms with Gasteiger partial charge in [-0.1, -0.05) is 18.2 Å². The standard InChI is InChI=1S/C13H14N4O/c1-14-11-7-12(9-15-8-11)17-13(18)16-10-5-3-2-4-6-10/h2-9,14H,1H3,(H2,16,17,18). The lowest BCUT2D eigenvalue weighted by atomic mass is 10.3. The van der Waals surface area contributed by atoms with Gasteiger partial charge in [-0.3, -0.25) is 4.98 Å². The van der Waals surface area contributed by atoms with Crippen molar-refractivity contribution in [2.24, 2.45) is 0 Å². The molecule has 0 saturated heterocycles. The molecule has 0 aliphatic carbocycles. The zero-order valence-corrected chi connectivity index (χ0v) is 9.97. The number of carbonyl (C=O) groups is 1. The molecule has 0 aliphatic heterocycles. The van der Waals surface area contributed by atoms with E-state index < -0.39 is 0 Å². The van der Waals surface area contributed by atoms with Crippen molar-refractivity contribution in [1.29, 1.82) is 0 Å². The molecule has 0 fully saturated rings. The minimum Gasteiger partial charge on any atom is -0.387 e. The van der Waals surface area contributed by atoms with E-state index in [1.807, 2.05) is 30.3 Å². The highest BCUT2D eigenvalue weighted by molar-refractivity contribution is 5.99. The minimum absolute atomic E-state index is 0.295. The first-order valence-electron chi connectivity index (χ1n) is 5.54. The van der Waals surface area contributed by atoms with Gasteiger partial charge in [0.2, 0.25) is 0 Å². The predicted molar refractivity (Wildman–Crippen MR) is 72.9 cm³/mol. The molecule has 2 aromatic rings. The van der Waals surface area contributed by atoms with Gasteiger partial charge in [-0.2, -0.15) is 0 Å². The van der Waals surface area contributed by atoms with E-state index >= 15 is 0 Å². The summed E-state index contributed by atoms with van der Waals surface area (Å²) in [6.45, 7) is 0. The summed E-state index contributed by atoms with van der Waals surface area (Å²) in [6, 6.07) is 10.8. The van der Waals surface area contributed by atoms with E-state index in [1.165, 1.54) is 0 Å². The summed E-state index contributed by atoms with van der Waals surface area (Å²) in [5.41, 5.74) is 2.22. The second-order valence-corrected chi connectivity index (χ2v) is 3.66. The van der Waals surface area contributed by atoms with Crippen molar-refractivity contribution >= 4 is 23.1 Å². The zero-order chi connectivity index (χ0) is 12.8. The van der Waals surface area contributed by atoms with Gasteiger partial charge in [-0.15, -0.1) is 0 Å². The van der Waals surface area contributed by atoms with Crippen LogP contribution in [0.1, 0.15) is 0 Å². The summed E-state index contributed by atoms with van der Waals surface area (Å²) >= 11 is 0. The topological polar surface area (TPSA) is 66.0 Å². The van der Waals surface area contributed by atoms with Crippen LogP contribution in [0.2, 0.25) is 0 Å². The van der Waals surface area contributed by atoms with Gasteiger partial charge >= 0.3 is 6.03 Å². The minimum atomic E-state index is -0.295. The van der Waals surface area contributed by atoms with Crippen LogP contribution < -0.4 is 16.0 Å². The third kappa shape index (κ3) is 3.21. The molecule has 3 N–H and O–H groups in total. The van der Waals surface area contributed by atoms with Crippen LogP contribution in [0, 0.1) is 0 Å². The van der Waals surface area contributed by atoms with Gasteiger partial charge in [0.1, 0.15) is 0 Å². The first-order chi connectivity index (χ1) is 8.78. The van der Waals surface area contributed by atoms with Crippen molar-refractivity contribution < 1.29 is 4.79 Å². The Kier molecular flexibility index (Phi) is 3.76. The fourth-order valence-corrected chi connectivity index (χ4v) is 1.46. The van der Waals surface area contributed by atoms with Crippen LogP contribution in [0.15, 0.2) is 48.8 Å². The SMILES string of the molecule is CNc1cncc(NC(=O)Nc2ccccc2)c1. The number of carbonyl (C=O) groups excluding carboxylic acids is 1. The Morgan fingerprint density at radius 3 is 2.39 bits per heavy atom. The lowest BCUT2D eigenvalue weighted by molar-refractivity contribution is 0.262. The van der Waals surface area contributed by atoms with E-state index in [0.717, 1.165) is 11.4 Å². The van der Waals surface area contributed by atoms with E-state index in [0.29, 0.717) is 5.69 Å². The first kappa shape index (κ1) is 11.9. The molecule has 2 amide bonds. The Balaban J connectivity index is 1.99. The largest absolute Gasteiger partial charge is 0.387 e. The first-order valence-corrected chi connectivity index (χ1v) is 5.54. The maximum atomic E-state index is 11.7. The average molecular weight is 242 g/mol. The number of benzene rings is 1. The van der Waals surface area contributed by atoms with Gasteiger partial charge in [0.15, 0.2) is 0 Å². The van der Waals surface area contributed by atoms with Gasteiger partial charge in [0, 0.05) is 12.7 Å². The molecule has 2 rings (SSSR count). The summed E-state index contributed by atoms with van der Waals surface area (Å²) in [5, 5.41) is 8.40. The highest BCUT2D eigenvalue weighted by Crippen LogP contribution is 2.13. The molecule has 18 heavy (non-hydrogen) atoms. The number of nitrogens with zero attached hydrogens (tertiary/aromatic N) is 1. The molecule has 0 spiro atoms. The molecule has 1 aromatic carbocycles. The van der Waals surface area contributed by atoms with E-state index in [-0.39, 0.29) is 6.03 Å². The number of para-hydroxylation sites is 1. The molecule has 5 nitrogen and oxygen atoms in total. The van der Waals surface area contributed by atoms with Crippen LogP contribution >= 0.6 is 0 Å². The van der Waals surface area contributed by atoms with Crippen molar-refractivity contribution in [3.05, 3.63) is 48.8 Å². The average Bonchev–Trinajstić information content (AvgIpc) is 2.40. The molecule has 0 radical (unpaired) electrons. The molecule has 0 unspecified atom stereocenters. The highest BCUT2D eigenvalue weighted by Gasteiger charge is 2.02. The normalized spacial score (nSPS) is 9.61. The zero-order valence-electron chi connectivity index (χ0n) is 9.97. The summed E-state index contributed by atoms with van der Waals surface area (Å²) in [6.07, 6.45) is 3.27. The van der Waals surface area contributed by atoms with Crippen molar-refractivity contribution in [3.8, 4) is 0 Å². The van der Waals surface area contributed by atoms with Crippen molar-refractivity contribution in [2.75, 3.05) is 23.0 Å². The summed E-state index contributed by atoms with van der Waals surface area (Å²) in [7, 11) is 1.80. The third-order valence-electron chi connectivity index (χ3n) is 2.32. The molecular weight excluding hydrogens is 228 g/mol. The van der Waals surface area contributed by atoms with Gasteiger partial charge in [0.25, 0.3) is 0 Å². The Labute approximate surface area is 105 Å². The van der Waals surface area contributed by atoms with Gasteiger partial charge in [-0.25, -0.2) is 4.79 Å². The quantitative estimate of drug-likeness (QED) is 0.775. The fraction of sp³-hybridized carbons (Fsp3) is 0.0769. The Morgan fingerprint density at radius 2 is 1.67 bits per heavy atom. The van der Waals surface area contributed by atoms with E-state index in [4.69, 9.17) is 0 Å². The molecule has 0 aliphatic rings. The monoisotopic (exact) mass is 242 g/mol. The molecule has 0 atom stereocenters. The second-order valence-electron chi connectivity index (χ2n) is 3.66. The van der Waals surface area contributed by atoms with Crippen molar-refractivity contribution in [3.63, 3.8) is 0 Å². The smallest absolute Gasteiger partial charge is 0.323 e. The number of pyridine rings is 1. The van der Waals surface area contributed by atoms with Crippen LogP contribution in [-0.2, 0) is 0 Å². The lowest BCUT2D eigenvalue weighted by Gasteiger charge is -2.08. The third-order valence-corrected chi connectivity index (χ3v) is 2.32. The summed E-state index contributed by atoms with van der Waals surface area (Å²) in [4.78, 5) is 15.7. The molecular formula is C13H14N4O. The molecule has 0 saturated carbocycles. The number of rotatable bonds is 3. The molecule has 1 aromatic heterocycles. The van der Waals surface area contributed by atoms with Crippen LogP contribution in [-0.4, -0.2) is 18.1 Å². The van der Waals surface area contributed by atoms with Crippen molar-refractivity contribution in [1.82, 2.24) is 4.98 Å². The number of hydrogen-bond donors (Lipinski definition) is 3. The number of anilines is 3. The number of nitrogens with one attached hydrogen (secondary N) is 3. The van der Waals surface area contributed by atoms with Crippen molar-refractivity contribution in [2.45, 2.75) is 0 Å². The lowest BCUT2D eigenvalue weighted by Crippen LogP contribution is -2.19. The summed E-state index contributed by atoms with van der Waals surface area (Å²) in [5.74, 6) is 0. The molecule has 0 bridgehead atoms. The highest BCUT2D eigenvalue weighted by atomic mass is 16.2. The maximum Gasteiger partial charge on any atom is 0.323 e. The summed E-state index contributed by atoms with van der Waals surface area (Å²) < 4.78 is 0. The fourth-order valence-electron chi connectivity index (χ4n) is 1.46. The Morgan fingerprint density at radius 1 is 1.00 bits per heavy atom. The van der Waals surface area contributed by atoms with Gasteiger partial charge in [0.05, 0.1) is 23.8 Å². The van der Waals surface area contributed by atoms with E-state index in [9.17, 15) is 4.79 Å². The number of hydrogen-bond acceptors (Lipinski definition) is 3.